The Labute approximate surface area is 170 Å². The summed E-state index contributed by atoms with van der Waals surface area (Å²) in [7, 11) is 0. The second kappa shape index (κ2) is 10.3. The number of amides is 2. The number of ether oxygens (including phenoxy) is 1. The van der Waals surface area contributed by atoms with Crippen LogP contribution in [0.1, 0.15) is 41.8 Å². The van der Waals surface area contributed by atoms with Gasteiger partial charge in [0.05, 0.1) is 23.9 Å². The normalized spacial score (nSPS) is 10.5. The van der Waals surface area contributed by atoms with Gasteiger partial charge in [0.15, 0.2) is 0 Å². The molecule has 0 aliphatic heterocycles. The van der Waals surface area contributed by atoms with Gasteiger partial charge in [0.1, 0.15) is 5.75 Å². The molecule has 0 saturated carbocycles. The van der Waals surface area contributed by atoms with Crippen LogP contribution in [0.5, 0.6) is 5.75 Å². The molecule has 0 fully saturated rings. The highest BCUT2D eigenvalue weighted by Crippen LogP contribution is 2.27. The highest BCUT2D eigenvalue weighted by molar-refractivity contribution is 5.97. The Morgan fingerprint density at radius 2 is 1.72 bits per heavy atom. The maximum Gasteiger partial charge on any atom is 0.335 e. The summed E-state index contributed by atoms with van der Waals surface area (Å²) in [6.45, 7) is 5.43. The third-order valence-electron chi connectivity index (χ3n) is 4.07. The lowest BCUT2D eigenvalue weighted by atomic mass is 10.1. The van der Waals surface area contributed by atoms with Crippen LogP contribution in [0.15, 0.2) is 42.5 Å². The lowest BCUT2D eigenvalue weighted by Gasteiger charge is -2.15. The molecule has 0 radical (unpaired) electrons. The lowest BCUT2D eigenvalue weighted by molar-refractivity contribution is -0.124. The zero-order valence-electron chi connectivity index (χ0n) is 16.8. The zero-order chi connectivity index (χ0) is 21.4. The number of hydrogen-bond acceptors (Lipinski definition) is 4. The highest BCUT2D eigenvalue weighted by atomic mass is 16.5. The summed E-state index contributed by atoms with van der Waals surface area (Å²) in [4.78, 5) is 35.4. The van der Waals surface area contributed by atoms with E-state index in [9.17, 15) is 14.4 Å². The van der Waals surface area contributed by atoms with E-state index in [1.807, 2.05) is 45.0 Å². The SMILES string of the molecule is Cc1ccc(CCC(=O)NCC(=O)Nc2cc(C(=O)O)ccc2OC(C)C)cc1. The first-order valence-corrected chi connectivity index (χ1v) is 9.40. The molecule has 2 amide bonds. The molecule has 2 rings (SSSR count). The standard InChI is InChI=1S/C22H26N2O5/c1-14(2)29-19-10-9-17(22(27)28)12-18(19)24-21(26)13-23-20(25)11-8-16-6-4-15(3)5-7-16/h4-7,9-10,12,14H,8,11,13H2,1-3H3,(H,23,25)(H,24,26)(H,27,28). The van der Waals surface area contributed by atoms with E-state index in [0.29, 0.717) is 12.2 Å². The van der Waals surface area contributed by atoms with Crippen molar-refractivity contribution in [3.63, 3.8) is 0 Å². The summed E-state index contributed by atoms with van der Waals surface area (Å²) < 4.78 is 5.61. The molecule has 29 heavy (non-hydrogen) atoms. The number of benzene rings is 2. The van der Waals surface area contributed by atoms with Crippen LogP contribution in [0.2, 0.25) is 0 Å². The zero-order valence-corrected chi connectivity index (χ0v) is 16.8. The Morgan fingerprint density at radius 3 is 2.34 bits per heavy atom. The van der Waals surface area contributed by atoms with Gasteiger partial charge in [-0.25, -0.2) is 4.79 Å². The van der Waals surface area contributed by atoms with Crippen LogP contribution >= 0.6 is 0 Å². The quantitative estimate of drug-likeness (QED) is 0.602. The molecule has 0 saturated heterocycles. The summed E-state index contributed by atoms with van der Waals surface area (Å²) in [5, 5.41) is 14.3. The fraction of sp³-hybridized carbons (Fsp3) is 0.318. The number of hydrogen-bond donors (Lipinski definition) is 3. The van der Waals surface area contributed by atoms with Crippen LogP contribution in [-0.2, 0) is 16.0 Å². The molecule has 2 aromatic rings. The number of aromatic carboxylic acids is 1. The summed E-state index contributed by atoms with van der Waals surface area (Å²) in [5.74, 6) is -1.45. The van der Waals surface area contributed by atoms with Gasteiger partial charge in [-0.2, -0.15) is 0 Å². The number of aryl methyl sites for hydroxylation is 2. The first-order chi connectivity index (χ1) is 13.7. The molecule has 154 valence electrons. The van der Waals surface area contributed by atoms with Crippen LogP contribution in [0, 0.1) is 6.92 Å². The van der Waals surface area contributed by atoms with Gasteiger partial charge in [-0.3, -0.25) is 9.59 Å². The van der Waals surface area contributed by atoms with Gasteiger partial charge in [-0.05, 0) is 51.0 Å². The predicted octanol–water partition coefficient (Wildman–Crippen LogP) is 3.17. The van der Waals surface area contributed by atoms with Crippen LogP contribution < -0.4 is 15.4 Å². The topological polar surface area (TPSA) is 105 Å². The average molecular weight is 398 g/mol. The number of carboxylic acids is 1. The van der Waals surface area contributed by atoms with Gasteiger partial charge in [-0.1, -0.05) is 29.8 Å². The van der Waals surface area contributed by atoms with Crippen molar-refractivity contribution in [2.75, 3.05) is 11.9 Å². The van der Waals surface area contributed by atoms with Gasteiger partial charge < -0.3 is 20.5 Å². The molecule has 0 aliphatic carbocycles. The van der Waals surface area contributed by atoms with Gasteiger partial charge in [0.25, 0.3) is 0 Å². The van der Waals surface area contributed by atoms with Crippen LogP contribution in [0.3, 0.4) is 0 Å². The molecule has 0 unspecified atom stereocenters. The number of carbonyl (C=O) groups is 3. The monoisotopic (exact) mass is 398 g/mol. The fourth-order valence-corrected chi connectivity index (χ4v) is 2.59. The Bertz CT molecular complexity index is 875. The maximum atomic E-state index is 12.2. The summed E-state index contributed by atoms with van der Waals surface area (Å²) in [6, 6.07) is 12.2. The van der Waals surface area contributed by atoms with Crippen molar-refractivity contribution in [2.24, 2.45) is 0 Å². The van der Waals surface area contributed by atoms with E-state index in [4.69, 9.17) is 9.84 Å². The molecular weight excluding hydrogens is 372 g/mol. The third kappa shape index (κ3) is 7.29. The van der Waals surface area contributed by atoms with Gasteiger partial charge in [0, 0.05) is 6.42 Å². The second-order valence-corrected chi connectivity index (χ2v) is 6.99. The van der Waals surface area contributed by atoms with Crippen molar-refractivity contribution in [3.05, 3.63) is 59.2 Å². The Hall–Kier alpha value is -3.35. The van der Waals surface area contributed by atoms with Crippen LogP contribution in [0.4, 0.5) is 5.69 Å². The predicted molar refractivity (Wildman–Crippen MR) is 110 cm³/mol. The number of carboxylic acid groups (broad SMARTS) is 1. The molecule has 7 nitrogen and oxygen atoms in total. The minimum absolute atomic E-state index is 0.0264. The van der Waals surface area contributed by atoms with Crippen molar-refractivity contribution in [1.82, 2.24) is 5.32 Å². The van der Waals surface area contributed by atoms with Crippen LogP contribution in [0.25, 0.3) is 0 Å². The molecule has 0 heterocycles. The molecule has 0 atom stereocenters. The van der Waals surface area contributed by atoms with E-state index in [-0.39, 0.29) is 36.2 Å². The van der Waals surface area contributed by atoms with Crippen molar-refractivity contribution in [3.8, 4) is 5.75 Å². The Balaban J connectivity index is 1.90. The van der Waals surface area contributed by atoms with Gasteiger partial charge in [-0.15, -0.1) is 0 Å². The van der Waals surface area contributed by atoms with E-state index in [2.05, 4.69) is 10.6 Å². The van der Waals surface area contributed by atoms with E-state index in [1.165, 1.54) is 18.2 Å². The summed E-state index contributed by atoms with van der Waals surface area (Å²) >= 11 is 0. The highest BCUT2D eigenvalue weighted by Gasteiger charge is 2.14. The molecule has 2 aromatic carbocycles. The summed E-state index contributed by atoms with van der Waals surface area (Å²) in [5.41, 5.74) is 2.48. The summed E-state index contributed by atoms with van der Waals surface area (Å²) in [6.07, 6.45) is 0.704. The van der Waals surface area contributed by atoms with Crippen molar-refractivity contribution >= 4 is 23.5 Å². The minimum Gasteiger partial charge on any atom is -0.489 e. The van der Waals surface area contributed by atoms with E-state index in [1.54, 1.807) is 0 Å². The molecular formula is C22H26N2O5. The molecule has 7 heteroatoms. The minimum atomic E-state index is -1.11. The third-order valence-corrected chi connectivity index (χ3v) is 4.07. The number of anilines is 1. The molecule has 0 bridgehead atoms. The van der Waals surface area contributed by atoms with Crippen molar-refractivity contribution in [2.45, 2.75) is 39.7 Å². The molecule has 0 spiro atoms. The number of nitrogens with one attached hydrogen (secondary N) is 2. The van der Waals surface area contributed by atoms with E-state index < -0.39 is 11.9 Å². The van der Waals surface area contributed by atoms with E-state index in [0.717, 1.165) is 11.1 Å². The number of rotatable bonds is 9. The molecule has 0 aromatic heterocycles. The smallest absolute Gasteiger partial charge is 0.335 e. The van der Waals surface area contributed by atoms with E-state index >= 15 is 0 Å². The Morgan fingerprint density at radius 1 is 1.03 bits per heavy atom. The van der Waals surface area contributed by atoms with Crippen molar-refractivity contribution < 1.29 is 24.2 Å². The Kier molecular flexibility index (Phi) is 7.77. The first-order valence-electron chi connectivity index (χ1n) is 9.40. The molecule has 0 aliphatic rings. The van der Waals surface area contributed by atoms with Gasteiger partial charge >= 0.3 is 5.97 Å². The van der Waals surface area contributed by atoms with Gasteiger partial charge in [0.2, 0.25) is 11.8 Å². The number of carbonyl (C=O) groups excluding carboxylic acids is 2. The maximum absolute atomic E-state index is 12.2. The lowest BCUT2D eigenvalue weighted by Crippen LogP contribution is -2.33. The molecule has 3 N–H and O–H groups in total. The second-order valence-electron chi connectivity index (χ2n) is 6.99. The first kappa shape index (κ1) is 21.9. The fourth-order valence-electron chi connectivity index (χ4n) is 2.59. The van der Waals surface area contributed by atoms with Crippen molar-refractivity contribution in [1.29, 1.82) is 0 Å². The largest absolute Gasteiger partial charge is 0.489 e. The average Bonchev–Trinajstić information content (AvgIpc) is 2.66. The van der Waals surface area contributed by atoms with Crippen LogP contribution in [-0.4, -0.2) is 35.5 Å².